The lowest BCUT2D eigenvalue weighted by atomic mass is 10.0. The van der Waals surface area contributed by atoms with Crippen LogP contribution in [0.5, 0.6) is 0 Å². The van der Waals surface area contributed by atoms with Gasteiger partial charge in [-0.25, -0.2) is 19.4 Å². The lowest BCUT2D eigenvalue weighted by Crippen LogP contribution is -2.47. The van der Waals surface area contributed by atoms with Crippen LogP contribution in [0, 0.1) is 0 Å². The maximum Gasteiger partial charge on any atom is 0.411 e. The summed E-state index contributed by atoms with van der Waals surface area (Å²) in [6, 6.07) is 7.90. The summed E-state index contributed by atoms with van der Waals surface area (Å²) in [6.45, 7) is 9.89. The average molecular weight is 625 g/mol. The molecule has 236 valence electrons. The van der Waals surface area contributed by atoms with Gasteiger partial charge in [-0.2, -0.15) is 16.9 Å². The topological polar surface area (TPSA) is 130 Å². The van der Waals surface area contributed by atoms with Gasteiger partial charge < -0.3 is 24.3 Å². The molecule has 3 aromatic rings. The Morgan fingerprint density at radius 2 is 1.84 bits per heavy atom. The Morgan fingerprint density at radius 3 is 2.52 bits per heavy atom. The molecule has 1 N–H and O–H groups in total. The Labute approximate surface area is 261 Å². The molecule has 3 aliphatic heterocycles. The fourth-order valence-electron chi connectivity index (χ4n) is 6.28. The Hall–Kier alpha value is -3.26. The second-order valence-electron chi connectivity index (χ2n) is 12.8. The predicted octanol–water partition coefficient (Wildman–Crippen LogP) is 5.32. The Balaban J connectivity index is 1.52. The first kappa shape index (κ1) is 30.8. The molecule has 2 unspecified atom stereocenters. The summed E-state index contributed by atoms with van der Waals surface area (Å²) >= 11 is 1.62. The minimum absolute atomic E-state index is 0.266. The number of anilines is 1. The molecule has 0 spiro atoms. The van der Waals surface area contributed by atoms with Crippen LogP contribution in [0.3, 0.4) is 0 Å². The lowest BCUT2D eigenvalue weighted by Gasteiger charge is -2.36. The van der Waals surface area contributed by atoms with Crippen molar-refractivity contribution in [2.75, 3.05) is 23.9 Å². The zero-order valence-electron chi connectivity index (χ0n) is 26.0. The SMILES string of the molecule is CSC[C@H]1[C@@H]2OC(C)(C)OC2[C@H](c2c3ncnc(NC(=O)c4ccccc4)c3nn2C2CCCCO2)N1C(=O)OC(C)(C)C. The van der Waals surface area contributed by atoms with Gasteiger partial charge >= 0.3 is 6.09 Å². The molecule has 3 aliphatic rings. The monoisotopic (exact) mass is 624 g/mol. The largest absolute Gasteiger partial charge is 0.444 e. The van der Waals surface area contributed by atoms with Crippen LogP contribution in [-0.4, -0.2) is 84.9 Å². The zero-order valence-corrected chi connectivity index (χ0v) is 26.8. The van der Waals surface area contributed by atoms with E-state index in [4.69, 9.17) is 29.0 Å². The van der Waals surface area contributed by atoms with Gasteiger partial charge in [0.15, 0.2) is 23.3 Å². The first-order valence-electron chi connectivity index (χ1n) is 15.0. The highest BCUT2D eigenvalue weighted by molar-refractivity contribution is 7.98. The molecular weight excluding hydrogens is 584 g/mol. The molecule has 3 saturated heterocycles. The van der Waals surface area contributed by atoms with Gasteiger partial charge in [0.1, 0.15) is 35.7 Å². The fourth-order valence-corrected chi connectivity index (χ4v) is 6.97. The van der Waals surface area contributed by atoms with Gasteiger partial charge in [0, 0.05) is 17.9 Å². The first-order valence-corrected chi connectivity index (χ1v) is 16.4. The van der Waals surface area contributed by atoms with Gasteiger partial charge in [-0.1, -0.05) is 18.2 Å². The van der Waals surface area contributed by atoms with Crippen molar-refractivity contribution in [2.24, 2.45) is 0 Å². The van der Waals surface area contributed by atoms with Crippen molar-refractivity contribution >= 4 is 40.6 Å². The molecule has 44 heavy (non-hydrogen) atoms. The standard InChI is InChI=1S/C31H40N6O6S/c1-30(2,3)43-29(39)36-19(16-44-6)25-26(42-31(4,5)41-25)24(36)23-21-22(35-37(23)20-14-10-11-15-40-20)27(33-17-32-21)34-28(38)18-12-8-7-9-13-18/h7-9,12-13,17,19-20,24-26H,10-11,14-16H2,1-6H3,(H,32,33,34,38)/t19-,20?,24-,25-,26?/m0/s1. The highest BCUT2D eigenvalue weighted by Gasteiger charge is 2.61. The molecule has 3 fully saturated rings. The van der Waals surface area contributed by atoms with Gasteiger partial charge in [0.2, 0.25) is 0 Å². The van der Waals surface area contributed by atoms with Crippen LogP contribution in [-0.2, 0) is 18.9 Å². The summed E-state index contributed by atoms with van der Waals surface area (Å²) in [6.07, 6.45) is 4.21. The average Bonchev–Trinajstić information content (AvgIpc) is 3.60. The molecule has 13 heteroatoms. The lowest BCUT2D eigenvalue weighted by molar-refractivity contribution is -0.166. The van der Waals surface area contributed by atoms with Crippen LogP contribution in [0.25, 0.3) is 11.0 Å². The van der Waals surface area contributed by atoms with E-state index in [2.05, 4.69) is 10.3 Å². The second-order valence-corrected chi connectivity index (χ2v) is 13.7. The van der Waals surface area contributed by atoms with Gasteiger partial charge in [-0.05, 0) is 72.3 Å². The van der Waals surface area contributed by atoms with Crippen molar-refractivity contribution in [2.45, 2.75) is 95.8 Å². The number of nitrogens with one attached hydrogen (secondary N) is 1. The van der Waals surface area contributed by atoms with E-state index in [9.17, 15) is 9.59 Å². The number of carbonyl (C=O) groups is 2. The van der Waals surface area contributed by atoms with E-state index < -0.39 is 42.0 Å². The number of nitrogens with zero attached hydrogens (tertiary/aromatic N) is 5. The number of carbonyl (C=O) groups excluding carboxylic acids is 2. The van der Waals surface area contributed by atoms with Crippen LogP contribution in [0.1, 0.15) is 82.2 Å². The van der Waals surface area contributed by atoms with Crippen LogP contribution in [0.15, 0.2) is 36.7 Å². The Kier molecular flexibility index (Phi) is 8.33. The maximum absolute atomic E-state index is 14.1. The Bertz CT molecular complexity index is 1520. The van der Waals surface area contributed by atoms with Crippen LogP contribution in [0.4, 0.5) is 10.6 Å². The molecule has 0 bridgehead atoms. The number of aromatic nitrogens is 4. The molecule has 0 saturated carbocycles. The number of likely N-dealkylation sites (tertiary alicyclic amines) is 1. The van der Waals surface area contributed by atoms with Gasteiger partial charge in [-0.3, -0.25) is 9.69 Å². The number of rotatable bonds is 6. The highest BCUT2D eigenvalue weighted by Crippen LogP contribution is 2.50. The van der Waals surface area contributed by atoms with E-state index in [-0.39, 0.29) is 17.8 Å². The number of hydrogen-bond donors (Lipinski definition) is 1. The summed E-state index contributed by atoms with van der Waals surface area (Å²) in [5.74, 6) is -0.310. The summed E-state index contributed by atoms with van der Waals surface area (Å²) in [5, 5.41) is 7.91. The van der Waals surface area contributed by atoms with Crippen LogP contribution in [0.2, 0.25) is 0 Å². The third-order valence-corrected chi connectivity index (χ3v) is 8.62. The molecule has 0 aliphatic carbocycles. The summed E-state index contributed by atoms with van der Waals surface area (Å²) in [7, 11) is 0. The maximum atomic E-state index is 14.1. The minimum Gasteiger partial charge on any atom is -0.444 e. The quantitative estimate of drug-likeness (QED) is 0.385. The molecule has 6 rings (SSSR count). The van der Waals surface area contributed by atoms with E-state index in [1.165, 1.54) is 6.33 Å². The van der Waals surface area contributed by atoms with Gasteiger partial charge in [0.05, 0.1) is 11.7 Å². The van der Waals surface area contributed by atoms with Crippen molar-refractivity contribution < 1.29 is 28.5 Å². The summed E-state index contributed by atoms with van der Waals surface area (Å²) in [4.78, 5) is 38.1. The molecule has 1 aromatic carbocycles. The van der Waals surface area contributed by atoms with E-state index in [1.54, 1.807) is 40.9 Å². The Morgan fingerprint density at radius 1 is 1.09 bits per heavy atom. The molecule has 2 amide bonds. The number of hydrogen-bond acceptors (Lipinski definition) is 10. The van der Waals surface area contributed by atoms with Crippen LogP contribution < -0.4 is 5.32 Å². The van der Waals surface area contributed by atoms with E-state index in [0.29, 0.717) is 34.7 Å². The normalized spacial score (nSPS) is 26.5. The van der Waals surface area contributed by atoms with Gasteiger partial charge in [-0.15, -0.1) is 0 Å². The van der Waals surface area contributed by atoms with E-state index in [1.807, 2.05) is 51.6 Å². The molecule has 5 atom stereocenters. The van der Waals surface area contributed by atoms with Crippen LogP contribution >= 0.6 is 11.8 Å². The van der Waals surface area contributed by atoms with Crippen molar-refractivity contribution in [3.05, 3.63) is 47.9 Å². The number of benzene rings is 1. The van der Waals surface area contributed by atoms with Crippen molar-refractivity contribution in [1.29, 1.82) is 0 Å². The van der Waals surface area contributed by atoms with E-state index in [0.717, 1.165) is 19.3 Å². The third kappa shape index (κ3) is 5.90. The van der Waals surface area contributed by atoms with Crippen molar-refractivity contribution in [3.8, 4) is 0 Å². The molecule has 0 radical (unpaired) electrons. The molecule has 5 heterocycles. The summed E-state index contributed by atoms with van der Waals surface area (Å²) < 4.78 is 27.1. The molecule has 12 nitrogen and oxygen atoms in total. The second kappa shape index (κ2) is 11.9. The number of fused-ring (bicyclic) bond motifs is 2. The predicted molar refractivity (Wildman–Crippen MR) is 165 cm³/mol. The number of thioether (sulfide) groups is 1. The molecule has 2 aromatic heterocycles. The molecular formula is C31H40N6O6S. The zero-order chi connectivity index (χ0) is 31.2. The fraction of sp³-hybridized carbons (Fsp3) is 0.581. The number of amides is 2. The first-order chi connectivity index (χ1) is 21.0. The smallest absolute Gasteiger partial charge is 0.411 e. The van der Waals surface area contributed by atoms with E-state index >= 15 is 0 Å². The minimum atomic E-state index is -0.865. The number of ether oxygens (including phenoxy) is 4. The van der Waals surface area contributed by atoms with Crippen molar-refractivity contribution in [1.82, 2.24) is 24.6 Å². The van der Waals surface area contributed by atoms with Crippen molar-refractivity contribution in [3.63, 3.8) is 0 Å². The highest BCUT2D eigenvalue weighted by atomic mass is 32.2. The third-order valence-electron chi connectivity index (χ3n) is 7.95. The summed E-state index contributed by atoms with van der Waals surface area (Å²) in [5.41, 5.74) is 1.29. The van der Waals surface area contributed by atoms with Gasteiger partial charge in [0.25, 0.3) is 5.91 Å².